The van der Waals surface area contributed by atoms with Gasteiger partial charge in [-0.05, 0) is 36.4 Å². The Kier molecular flexibility index (Phi) is 4.43. The summed E-state index contributed by atoms with van der Waals surface area (Å²) in [6, 6.07) is 13.9. The molecular formula is C20H14N2O4S. The summed E-state index contributed by atoms with van der Waals surface area (Å²) in [5.74, 6) is 0.821. The van der Waals surface area contributed by atoms with Crippen molar-refractivity contribution in [2.75, 3.05) is 7.11 Å². The van der Waals surface area contributed by atoms with E-state index in [2.05, 4.69) is 9.98 Å². The van der Waals surface area contributed by atoms with E-state index in [-0.39, 0.29) is 5.75 Å². The van der Waals surface area contributed by atoms with E-state index in [0.29, 0.717) is 32.5 Å². The summed E-state index contributed by atoms with van der Waals surface area (Å²) < 4.78 is 10.6. The molecule has 6 nitrogen and oxygen atoms in total. The lowest BCUT2D eigenvalue weighted by atomic mass is 10.1. The van der Waals surface area contributed by atoms with Gasteiger partial charge >= 0.3 is 5.63 Å². The summed E-state index contributed by atoms with van der Waals surface area (Å²) in [7, 11) is 1.58. The Morgan fingerprint density at radius 1 is 1.22 bits per heavy atom. The summed E-state index contributed by atoms with van der Waals surface area (Å²) in [5, 5.41) is 11.0. The molecule has 0 saturated heterocycles. The van der Waals surface area contributed by atoms with Crippen molar-refractivity contribution >= 4 is 33.7 Å². The van der Waals surface area contributed by atoms with Gasteiger partial charge < -0.3 is 14.3 Å². The van der Waals surface area contributed by atoms with E-state index in [1.165, 1.54) is 17.6 Å². The molecule has 0 atom stereocenters. The predicted octanol–water partition coefficient (Wildman–Crippen LogP) is 4.38. The number of ether oxygens (including phenoxy) is 1. The molecular weight excluding hydrogens is 364 g/mol. The van der Waals surface area contributed by atoms with Gasteiger partial charge in [0.15, 0.2) is 0 Å². The second kappa shape index (κ2) is 7.05. The highest BCUT2D eigenvalue weighted by molar-refractivity contribution is 7.18. The Hall–Kier alpha value is -3.45. The van der Waals surface area contributed by atoms with Gasteiger partial charge in [-0.3, -0.25) is 0 Å². The molecule has 134 valence electrons. The van der Waals surface area contributed by atoms with Gasteiger partial charge in [-0.1, -0.05) is 23.5 Å². The first-order chi connectivity index (χ1) is 13.1. The van der Waals surface area contributed by atoms with Crippen LogP contribution < -0.4 is 10.4 Å². The molecule has 0 unspecified atom stereocenters. The molecule has 0 saturated carbocycles. The predicted molar refractivity (Wildman–Crippen MR) is 106 cm³/mol. The van der Waals surface area contributed by atoms with E-state index < -0.39 is 5.63 Å². The zero-order valence-electron chi connectivity index (χ0n) is 14.2. The highest BCUT2D eigenvalue weighted by Crippen LogP contribution is 2.31. The van der Waals surface area contributed by atoms with E-state index in [1.807, 2.05) is 6.07 Å². The number of thiazole rings is 1. The van der Waals surface area contributed by atoms with Crippen molar-refractivity contribution in [3.63, 3.8) is 0 Å². The second-order valence-corrected chi connectivity index (χ2v) is 6.68. The van der Waals surface area contributed by atoms with Crippen molar-refractivity contribution in [3.05, 3.63) is 70.7 Å². The monoisotopic (exact) mass is 378 g/mol. The molecule has 1 N–H and O–H groups in total. The maximum Gasteiger partial charge on any atom is 0.345 e. The van der Waals surface area contributed by atoms with Crippen LogP contribution in [-0.2, 0) is 0 Å². The van der Waals surface area contributed by atoms with Crippen molar-refractivity contribution < 1.29 is 14.3 Å². The standard InChI is InChI=1S/C20H14N2O4S/c1-25-14-6-7-17-13(8-14)9-15(19(24)26-17)18-11-22-20(27-18)21-10-12-4-2-3-5-16(12)23/h2-11,23H,1H3. The van der Waals surface area contributed by atoms with Crippen LogP contribution in [0.2, 0.25) is 0 Å². The maximum atomic E-state index is 12.3. The van der Waals surface area contributed by atoms with Gasteiger partial charge in [0.25, 0.3) is 0 Å². The normalized spacial score (nSPS) is 11.3. The third-order valence-electron chi connectivity index (χ3n) is 3.95. The molecule has 2 aromatic carbocycles. The lowest BCUT2D eigenvalue weighted by Gasteiger charge is -2.02. The third kappa shape index (κ3) is 3.45. The van der Waals surface area contributed by atoms with Gasteiger partial charge in [0.05, 0.1) is 17.6 Å². The summed E-state index contributed by atoms with van der Waals surface area (Å²) in [6.45, 7) is 0. The smallest absolute Gasteiger partial charge is 0.345 e. The molecule has 0 spiro atoms. The van der Waals surface area contributed by atoms with Crippen LogP contribution in [0.15, 0.2) is 68.9 Å². The molecule has 0 aliphatic carbocycles. The number of aromatic hydroxyl groups is 1. The van der Waals surface area contributed by atoms with Crippen molar-refractivity contribution in [1.82, 2.24) is 4.98 Å². The van der Waals surface area contributed by atoms with E-state index >= 15 is 0 Å². The quantitative estimate of drug-likeness (QED) is 0.421. The molecule has 4 aromatic rings. The number of aliphatic imine (C=N–C) groups is 1. The molecule has 7 heteroatoms. The number of methoxy groups -OCH3 is 1. The van der Waals surface area contributed by atoms with Gasteiger partial charge in [-0.2, -0.15) is 0 Å². The van der Waals surface area contributed by atoms with Gasteiger partial charge in [0, 0.05) is 23.4 Å². The molecule has 0 aliphatic rings. The summed E-state index contributed by atoms with van der Waals surface area (Å²) in [6.07, 6.45) is 3.12. The molecule has 0 bridgehead atoms. The van der Waals surface area contributed by atoms with Crippen LogP contribution in [0.3, 0.4) is 0 Å². The summed E-state index contributed by atoms with van der Waals surface area (Å²) >= 11 is 1.26. The zero-order chi connectivity index (χ0) is 18.8. The fourth-order valence-corrected chi connectivity index (χ4v) is 3.34. The number of hydrogen-bond acceptors (Lipinski definition) is 7. The molecule has 4 rings (SSSR count). The van der Waals surface area contributed by atoms with Crippen molar-refractivity contribution in [2.45, 2.75) is 0 Å². The van der Waals surface area contributed by atoms with Crippen LogP contribution in [0, 0.1) is 0 Å². The largest absolute Gasteiger partial charge is 0.507 e. The molecule has 0 fully saturated rings. The number of phenols is 1. The van der Waals surface area contributed by atoms with Crippen molar-refractivity contribution in [2.24, 2.45) is 4.99 Å². The van der Waals surface area contributed by atoms with E-state index in [4.69, 9.17) is 9.15 Å². The highest BCUT2D eigenvalue weighted by atomic mass is 32.1. The maximum absolute atomic E-state index is 12.3. The minimum absolute atomic E-state index is 0.141. The van der Waals surface area contributed by atoms with Crippen LogP contribution in [0.1, 0.15) is 5.56 Å². The number of fused-ring (bicyclic) bond motifs is 1. The number of benzene rings is 2. The topological polar surface area (TPSA) is 84.9 Å². The minimum atomic E-state index is -0.437. The lowest BCUT2D eigenvalue weighted by molar-refractivity contribution is 0.415. The number of hydrogen-bond donors (Lipinski definition) is 1. The average Bonchev–Trinajstić information content (AvgIpc) is 3.15. The molecule has 0 amide bonds. The Morgan fingerprint density at radius 2 is 2.07 bits per heavy atom. The first-order valence-corrected chi connectivity index (χ1v) is 8.86. The summed E-state index contributed by atoms with van der Waals surface area (Å²) in [5.41, 5.74) is 1.06. The SMILES string of the molecule is COc1ccc2oc(=O)c(-c3cnc(N=Cc4ccccc4O)s3)cc2c1. The highest BCUT2D eigenvalue weighted by Gasteiger charge is 2.12. The molecule has 2 heterocycles. The number of nitrogens with zero attached hydrogens (tertiary/aromatic N) is 2. The van der Waals surface area contributed by atoms with Crippen molar-refractivity contribution in [1.29, 1.82) is 0 Å². The lowest BCUT2D eigenvalue weighted by Crippen LogP contribution is -2.01. The molecule has 2 aromatic heterocycles. The number of phenolic OH excluding ortho intramolecular Hbond substituents is 1. The molecule has 0 aliphatic heterocycles. The number of para-hydroxylation sites is 1. The zero-order valence-corrected chi connectivity index (χ0v) is 15.1. The Morgan fingerprint density at radius 3 is 2.89 bits per heavy atom. The average molecular weight is 378 g/mol. The van der Waals surface area contributed by atoms with Crippen LogP contribution in [0.4, 0.5) is 5.13 Å². The Bertz CT molecular complexity index is 1210. The first kappa shape index (κ1) is 17.0. The van der Waals surface area contributed by atoms with Crippen molar-refractivity contribution in [3.8, 4) is 21.9 Å². The van der Waals surface area contributed by atoms with E-state index in [0.717, 1.165) is 5.39 Å². The second-order valence-electron chi connectivity index (χ2n) is 5.68. The Labute approximate surface area is 158 Å². The van der Waals surface area contributed by atoms with Gasteiger partial charge in [0.1, 0.15) is 17.1 Å². The molecule has 0 radical (unpaired) electrons. The summed E-state index contributed by atoms with van der Waals surface area (Å²) in [4.78, 5) is 21.5. The van der Waals surface area contributed by atoms with E-state index in [1.54, 1.807) is 55.8 Å². The van der Waals surface area contributed by atoms with Crippen LogP contribution >= 0.6 is 11.3 Å². The first-order valence-electron chi connectivity index (χ1n) is 8.04. The van der Waals surface area contributed by atoms with Crippen LogP contribution in [-0.4, -0.2) is 23.4 Å². The number of rotatable bonds is 4. The third-order valence-corrected chi connectivity index (χ3v) is 4.89. The molecule has 27 heavy (non-hydrogen) atoms. The number of aromatic nitrogens is 1. The Balaban J connectivity index is 1.69. The van der Waals surface area contributed by atoms with E-state index in [9.17, 15) is 9.90 Å². The van der Waals surface area contributed by atoms with Gasteiger partial charge in [-0.25, -0.2) is 14.8 Å². The fraction of sp³-hybridized carbons (Fsp3) is 0.0500. The fourth-order valence-electron chi connectivity index (χ4n) is 2.57. The van der Waals surface area contributed by atoms with Crippen LogP contribution in [0.25, 0.3) is 21.4 Å². The van der Waals surface area contributed by atoms with Gasteiger partial charge in [-0.15, -0.1) is 0 Å². The van der Waals surface area contributed by atoms with Crippen LogP contribution in [0.5, 0.6) is 11.5 Å². The minimum Gasteiger partial charge on any atom is -0.507 e. The van der Waals surface area contributed by atoms with Gasteiger partial charge in [0.2, 0.25) is 5.13 Å².